The highest BCUT2D eigenvalue weighted by Gasteiger charge is 2.41. The number of rotatable bonds is 1. The smallest absolute Gasteiger partial charge is 0.226 e. The molecule has 3 unspecified atom stereocenters. The van der Waals surface area contributed by atoms with Crippen LogP contribution < -0.4 is 5.73 Å². The van der Waals surface area contributed by atoms with Crippen molar-refractivity contribution in [3.05, 3.63) is 0 Å². The minimum Gasteiger partial charge on any atom is -0.337 e. The highest BCUT2D eigenvalue weighted by molar-refractivity contribution is 5.80. The predicted molar refractivity (Wildman–Crippen MR) is 69.5 cm³/mol. The number of nitrogens with two attached hydrogens (primary N) is 1. The van der Waals surface area contributed by atoms with E-state index in [1.165, 1.54) is 0 Å². The maximum atomic E-state index is 12.6. The van der Waals surface area contributed by atoms with Crippen LogP contribution in [-0.2, 0) is 4.79 Å². The molecular weight excluding hydrogens is 212 g/mol. The van der Waals surface area contributed by atoms with Crippen molar-refractivity contribution in [3.63, 3.8) is 0 Å². The number of carbonyl (C=O) groups excluding carboxylic acids is 1. The summed E-state index contributed by atoms with van der Waals surface area (Å²) in [5, 5.41) is 0. The normalized spacial score (nSPS) is 37.2. The van der Waals surface area contributed by atoms with Crippen molar-refractivity contribution >= 4 is 5.91 Å². The lowest BCUT2D eigenvalue weighted by Gasteiger charge is -2.36. The Morgan fingerprint density at radius 2 is 2.06 bits per heavy atom. The molecule has 0 aromatic heterocycles. The Kier molecular flexibility index (Phi) is 3.48. The predicted octanol–water partition coefficient (Wildman–Crippen LogP) is 2.15. The molecule has 1 amide bonds. The average molecular weight is 238 g/mol. The molecule has 0 spiro atoms. The van der Waals surface area contributed by atoms with E-state index in [1.54, 1.807) is 0 Å². The van der Waals surface area contributed by atoms with Gasteiger partial charge in [-0.05, 0) is 45.4 Å². The maximum absolute atomic E-state index is 12.6. The monoisotopic (exact) mass is 238 g/mol. The summed E-state index contributed by atoms with van der Waals surface area (Å²) in [6.45, 7) is 7.55. The lowest BCUT2D eigenvalue weighted by molar-refractivity contribution is -0.140. The van der Waals surface area contributed by atoms with Crippen molar-refractivity contribution in [1.29, 1.82) is 0 Å². The van der Waals surface area contributed by atoms with E-state index < -0.39 is 0 Å². The minimum atomic E-state index is 0.0397. The molecule has 0 radical (unpaired) electrons. The zero-order chi connectivity index (χ0) is 12.6. The first-order chi connectivity index (χ1) is 7.90. The van der Waals surface area contributed by atoms with E-state index in [2.05, 4.69) is 25.7 Å². The largest absolute Gasteiger partial charge is 0.337 e. The Morgan fingerprint density at radius 1 is 1.35 bits per heavy atom. The van der Waals surface area contributed by atoms with Crippen LogP contribution in [0.2, 0.25) is 0 Å². The van der Waals surface area contributed by atoms with Crippen LogP contribution in [0.3, 0.4) is 0 Å². The van der Waals surface area contributed by atoms with Gasteiger partial charge >= 0.3 is 0 Å². The van der Waals surface area contributed by atoms with Gasteiger partial charge < -0.3 is 10.6 Å². The number of likely N-dealkylation sites (tertiary alicyclic amines) is 1. The molecule has 98 valence electrons. The molecule has 0 aromatic carbocycles. The van der Waals surface area contributed by atoms with E-state index in [0.29, 0.717) is 11.8 Å². The van der Waals surface area contributed by atoms with Crippen LogP contribution >= 0.6 is 0 Å². The van der Waals surface area contributed by atoms with Gasteiger partial charge in [-0.15, -0.1) is 0 Å². The summed E-state index contributed by atoms with van der Waals surface area (Å²) in [6.07, 6.45) is 5.25. The van der Waals surface area contributed by atoms with Gasteiger partial charge in [0.1, 0.15) is 0 Å². The third-order valence-electron chi connectivity index (χ3n) is 4.40. The summed E-state index contributed by atoms with van der Waals surface area (Å²) >= 11 is 0. The Labute approximate surface area is 105 Å². The molecule has 1 aliphatic heterocycles. The van der Waals surface area contributed by atoms with Gasteiger partial charge in [-0.1, -0.05) is 13.3 Å². The van der Waals surface area contributed by atoms with E-state index in [4.69, 9.17) is 5.73 Å². The number of hydrogen-bond donors (Lipinski definition) is 1. The molecule has 2 rings (SSSR count). The van der Waals surface area contributed by atoms with Gasteiger partial charge in [-0.3, -0.25) is 4.79 Å². The van der Waals surface area contributed by atoms with Gasteiger partial charge in [-0.25, -0.2) is 0 Å². The first-order valence-corrected chi connectivity index (χ1v) is 6.97. The third kappa shape index (κ3) is 2.65. The van der Waals surface area contributed by atoms with Crippen molar-refractivity contribution < 1.29 is 4.79 Å². The summed E-state index contributed by atoms with van der Waals surface area (Å²) in [4.78, 5) is 14.7. The second-order valence-corrected chi connectivity index (χ2v) is 6.69. The highest BCUT2D eigenvalue weighted by Crippen LogP contribution is 2.35. The van der Waals surface area contributed by atoms with Gasteiger partial charge in [-0.2, -0.15) is 0 Å². The van der Waals surface area contributed by atoms with Crippen molar-refractivity contribution in [1.82, 2.24) is 4.90 Å². The molecule has 1 aliphatic carbocycles. The van der Waals surface area contributed by atoms with Crippen molar-refractivity contribution in [2.75, 3.05) is 6.54 Å². The van der Waals surface area contributed by atoms with Gasteiger partial charge in [0.25, 0.3) is 0 Å². The standard InChI is InChI=1S/C14H26N2O/c1-10-8-14(2,3)16(9-10)13(17)11-5-4-6-12(15)7-11/h10-12H,4-9,15H2,1-3H3. The first kappa shape index (κ1) is 12.9. The Morgan fingerprint density at radius 3 is 2.59 bits per heavy atom. The SMILES string of the molecule is CC1CN(C(=O)C2CCCC(N)C2)C(C)(C)C1. The van der Waals surface area contributed by atoms with Gasteiger partial charge in [0.15, 0.2) is 0 Å². The van der Waals surface area contributed by atoms with E-state index in [9.17, 15) is 4.79 Å². The molecule has 1 saturated carbocycles. The fraction of sp³-hybridized carbons (Fsp3) is 0.929. The van der Waals surface area contributed by atoms with E-state index in [0.717, 1.165) is 38.6 Å². The van der Waals surface area contributed by atoms with Crippen molar-refractivity contribution in [2.45, 2.75) is 64.5 Å². The van der Waals surface area contributed by atoms with Gasteiger partial charge in [0.2, 0.25) is 5.91 Å². The summed E-state index contributed by atoms with van der Waals surface area (Å²) in [5.74, 6) is 1.17. The number of amides is 1. The second-order valence-electron chi connectivity index (χ2n) is 6.69. The molecule has 2 N–H and O–H groups in total. The lowest BCUT2D eigenvalue weighted by atomic mass is 9.84. The molecule has 3 heteroatoms. The lowest BCUT2D eigenvalue weighted by Crippen LogP contribution is -2.47. The molecule has 17 heavy (non-hydrogen) atoms. The van der Waals surface area contributed by atoms with Crippen LogP contribution in [0.5, 0.6) is 0 Å². The highest BCUT2D eigenvalue weighted by atomic mass is 16.2. The molecule has 3 nitrogen and oxygen atoms in total. The number of nitrogens with zero attached hydrogens (tertiary/aromatic N) is 1. The fourth-order valence-electron chi connectivity index (χ4n) is 3.65. The maximum Gasteiger partial charge on any atom is 0.226 e. The second kappa shape index (κ2) is 4.60. The molecule has 1 heterocycles. The van der Waals surface area contributed by atoms with E-state index in [1.807, 2.05) is 0 Å². The van der Waals surface area contributed by atoms with Crippen LogP contribution in [-0.4, -0.2) is 28.9 Å². The quantitative estimate of drug-likeness (QED) is 0.761. The van der Waals surface area contributed by atoms with E-state index in [-0.39, 0.29) is 17.5 Å². The van der Waals surface area contributed by atoms with Crippen LogP contribution in [0.25, 0.3) is 0 Å². The molecule has 2 aliphatic rings. The average Bonchev–Trinajstić information content (AvgIpc) is 2.51. The van der Waals surface area contributed by atoms with Gasteiger partial charge in [0, 0.05) is 24.0 Å². The Balaban J connectivity index is 2.04. The fourth-order valence-corrected chi connectivity index (χ4v) is 3.65. The molecule has 0 bridgehead atoms. The van der Waals surface area contributed by atoms with Crippen molar-refractivity contribution in [2.24, 2.45) is 17.6 Å². The van der Waals surface area contributed by atoms with E-state index >= 15 is 0 Å². The topological polar surface area (TPSA) is 46.3 Å². The van der Waals surface area contributed by atoms with Crippen LogP contribution in [0.1, 0.15) is 52.9 Å². The van der Waals surface area contributed by atoms with Crippen LogP contribution in [0, 0.1) is 11.8 Å². The van der Waals surface area contributed by atoms with Crippen LogP contribution in [0.4, 0.5) is 0 Å². The molecule has 3 atom stereocenters. The summed E-state index contributed by atoms with van der Waals surface area (Å²) in [5.41, 5.74) is 6.03. The molecule has 1 saturated heterocycles. The zero-order valence-corrected chi connectivity index (χ0v) is 11.4. The molecule has 0 aromatic rings. The first-order valence-electron chi connectivity index (χ1n) is 6.97. The molecule has 2 fully saturated rings. The zero-order valence-electron chi connectivity index (χ0n) is 11.4. The summed E-state index contributed by atoms with van der Waals surface area (Å²) in [7, 11) is 0. The molecular formula is C14H26N2O. The summed E-state index contributed by atoms with van der Waals surface area (Å²) in [6, 6.07) is 0.237. The summed E-state index contributed by atoms with van der Waals surface area (Å²) < 4.78 is 0. The van der Waals surface area contributed by atoms with Crippen LogP contribution in [0.15, 0.2) is 0 Å². The number of hydrogen-bond acceptors (Lipinski definition) is 2. The number of carbonyl (C=O) groups is 1. The Hall–Kier alpha value is -0.570. The Bertz CT molecular complexity index is 301. The van der Waals surface area contributed by atoms with Crippen molar-refractivity contribution in [3.8, 4) is 0 Å². The minimum absolute atomic E-state index is 0.0397. The third-order valence-corrected chi connectivity index (χ3v) is 4.40. The van der Waals surface area contributed by atoms with Gasteiger partial charge in [0.05, 0.1) is 0 Å².